The third-order valence-electron chi connectivity index (χ3n) is 5.85. The molecule has 0 saturated heterocycles. The molecule has 9 heteroatoms. The van der Waals surface area contributed by atoms with Crippen LogP contribution in [0.25, 0.3) is 22.2 Å². The molecule has 0 bridgehead atoms. The molecule has 1 aliphatic rings. The van der Waals surface area contributed by atoms with E-state index >= 15 is 0 Å². The highest BCUT2D eigenvalue weighted by atomic mass is 16.5. The fraction of sp³-hybridized carbons (Fsp3) is 0.364. The van der Waals surface area contributed by atoms with Crippen LogP contribution in [-0.4, -0.2) is 49.3 Å². The van der Waals surface area contributed by atoms with Crippen LogP contribution in [0.15, 0.2) is 42.9 Å². The molecule has 4 aromatic heterocycles. The van der Waals surface area contributed by atoms with Gasteiger partial charge in [0.1, 0.15) is 5.52 Å². The van der Waals surface area contributed by atoms with Crippen LogP contribution in [0.1, 0.15) is 32.6 Å². The molecule has 0 aliphatic heterocycles. The van der Waals surface area contributed by atoms with E-state index in [9.17, 15) is 4.79 Å². The van der Waals surface area contributed by atoms with E-state index in [2.05, 4.69) is 31.9 Å². The van der Waals surface area contributed by atoms with Gasteiger partial charge in [-0.2, -0.15) is 10.1 Å². The predicted molar refractivity (Wildman–Crippen MR) is 117 cm³/mol. The Labute approximate surface area is 179 Å². The molecule has 5 rings (SSSR count). The molecule has 9 nitrogen and oxygen atoms in total. The van der Waals surface area contributed by atoms with Gasteiger partial charge in [-0.05, 0) is 55.5 Å². The van der Waals surface area contributed by atoms with Crippen LogP contribution in [0.3, 0.4) is 0 Å². The van der Waals surface area contributed by atoms with Crippen molar-refractivity contribution in [2.24, 2.45) is 0 Å². The minimum absolute atomic E-state index is 0.0331. The summed E-state index contributed by atoms with van der Waals surface area (Å²) in [6.07, 6.45) is 9.45. The van der Waals surface area contributed by atoms with Crippen molar-refractivity contribution in [1.29, 1.82) is 0 Å². The SMILES string of the molecule is COc1nc(N[C@H]2CC[C@H](NC(C)=O)CC2)nn2ccc(-c3ccn4nccc4c3)c12. The van der Waals surface area contributed by atoms with Gasteiger partial charge in [-0.1, -0.05) is 0 Å². The Hall–Kier alpha value is -3.62. The lowest BCUT2D eigenvalue weighted by Crippen LogP contribution is -2.39. The number of carbonyl (C=O) groups excluding carboxylic acids is 1. The summed E-state index contributed by atoms with van der Waals surface area (Å²) >= 11 is 0. The van der Waals surface area contributed by atoms with Crippen molar-refractivity contribution in [3.8, 4) is 17.0 Å². The molecular formula is C22H25N7O2. The summed E-state index contributed by atoms with van der Waals surface area (Å²) in [6, 6.07) is 8.63. The van der Waals surface area contributed by atoms with E-state index in [-0.39, 0.29) is 18.0 Å². The minimum Gasteiger partial charge on any atom is -0.479 e. The largest absolute Gasteiger partial charge is 0.479 e. The molecular weight excluding hydrogens is 394 g/mol. The van der Waals surface area contributed by atoms with Gasteiger partial charge in [-0.25, -0.2) is 9.03 Å². The van der Waals surface area contributed by atoms with Gasteiger partial charge in [0, 0.05) is 43.2 Å². The van der Waals surface area contributed by atoms with Crippen LogP contribution < -0.4 is 15.4 Å². The number of nitrogens with one attached hydrogen (secondary N) is 2. The van der Waals surface area contributed by atoms with Crippen LogP contribution in [0.5, 0.6) is 5.88 Å². The number of fused-ring (bicyclic) bond motifs is 2. The maximum absolute atomic E-state index is 11.3. The number of nitrogens with zero attached hydrogens (tertiary/aromatic N) is 5. The van der Waals surface area contributed by atoms with E-state index in [1.165, 1.54) is 0 Å². The summed E-state index contributed by atoms with van der Waals surface area (Å²) in [5.74, 6) is 1.10. The third kappa shape index (κ3) is 3.78. The average molecular weight is 419 g/mol. The molecule has 1 fully saturated rings. The van der Waals surface area contributed by atoms with E-state index in [0.717, 1.165) is 47.8 Å². The summed E-state index contributed by atoms with van der Waals surface area (Å²) < 4.78 is 9.28. The van der Waals surface area contributed by atoms with E-state index < -0.39 is 0 Å². The fourth-order valence-corrected chi connectivity index (χ4v) is 4.37. The van der Waals surface area contributed by atoms with Crippen LogP contribution in [0.2, 0.25) is 0 Å². The number of carbonyl (C=O) groups is 1. The molecule has 31 heavy (non-hydrogen) atoms. The Morgan fingerprint density at radius 3 is 2.65 bits per heavy atom. The van der Waals surface area contributed by atoms with E-state index in [1.54, 1.807) is 20.2 Å². The van der Waals surface area contributed by atoms with Crippen LogP contribution in [-0.2, 0) is 4.79 Å². The Morgan fingerprint density at radius 2 is 1.87 bits per heavy atom. The highest BCUT2D eigenvalue weighted by Crippen LogP contribution is 2.32. The van der Waals surface area contributed by atoms with Crippen molar-refractivity contribution in [2.75, 3.05) is 12.4 Å². The topological polar surface area (TPSA) is 97.8 Å². The van der Waals surface area contributed by atoms with Gasteiger partial charge in [0.15, 0.2) is 0 Å². The average Bonchev–Trinajstić information content (AvgIpc) is 3.40. The normalized spacial score (nSPS) is 18.9. The van der Waals surface area contributed by atoms with Gasteiger partial charge >= 0.3 is 0 Å². The first kappa shape index (κ1) is 19.3. The first-order chi connectivity index (χ1) is 15.1. The fourth-order valence-electron chi connectivity index (χ4n) is 4.37. The number of methoxy groups -OCH3 is 1. The predicted octanol–water partition coefficient (Wildman–Crippen LogP) is 2.91. The maximum Gasteiger partial charge on any atom is 0.244 e. The van der Waals surface area contributed by atoms with Crippen molar-refractivity contribution in [1.82, 2.24) is 29.5 Å². The van der Waals surface area contributed by atoms with Crippen LogP contribution in [0, 0.1) is 0 Å². The van der Waals surface area contributed by atoms with Crippen LogP contribution in [0.4, 0.5) is 5.95 Å². The molecule has 0 aromatic carbocycles. The zero-order chi connectivity index (χ0) is 21.4. The Balaban J connectivity index is 1.40. The van der Waals surface area contributed by atoms with Gasteiger partial charge < -0.3 is 15.4 Å². The first-order valence-corrected chi connectivity index (χ1v) is 10.5. The van der Waals surface area contributed by atoms with Gasteiger partial charge in [-0.3, -0.25) is 4.79 Å². The second-order valence-electron chi connectivity index (χ2n) is 7.98. The summed E-state index contributed by atoms with van der Waals surface area (Å²) in [4.78, 5) is 15.9. The number of anilines is 1. The standard InChI is InChI=1S/C22H25N7O2/c1-14(30)24-16-3-5-17(6-4-16)25-22-26-21(31-2)20-19(9-12-29(20)27-22)15-8-11-28-18(13-15)7-10-23-28/h7-13,16-17H,3-6H2,1-2H3,(H,24,30)(H,25,27)/t16-,17-. The summed E-state index contributed by atoms with van der Waals surface area (Å²) in [5, 5.41) is 15.4. The maximum atomic E-state index is 11.3. The molecule has 160 valence electrons. The smallest absolute Gasteiger partial charge is 0.244 e. The van der Waals surface area contributed by atoms with Crippen molar-refractivity contribution >= 4 is 22.9 Å². The van der Waals surface area contributed by atoms with Crippen molar-refractivity contribution in [3.63, 3.8) is 0 Å². The van der Waals surface area contributed by atoms with Gasteiger partial charge in [-0.15, -0.1) is 5.10 Å². The number of hydrogen-bond donors (Lipinski definition) is 2. The van der Waals surface area contributed by atoms with Gasteiger partial charge in [0.05, 0.1) is 12.6 Å². The number of rotatable bonds is 5. The number of pyridine rings is 1. The highest BCUT2D eigenvalue weighted by Gasteiger charge is 2.23. The molecule has 2 N–H and O–H groups in total. The first-order valence-electron chi connectivity index (χ1n) is 10.5. The Morgan fingerprint density at radius 1 is 1.10 bits per heavy atom. The highest BCUT2D eigenvalue weighted by molar-refractivity contribution is 5.85. The molecule has 0 radical (unpaired) electrons. The molecule has 1 amide bonds. The summed E-state index contributed by atoms with van der Waals surface area (Å²) in [5.41, 5.74) is 3.90. The second-order valence-corrected chi connectivity index (χ2v) is 7.98. The lowest BCUT2D eigenvalue weighted by atomic mass is 9.91. The van der Waals surface area contributed by atoms with Crippen LogP contribution >= 0.6 is 0 Å². The van der Waals surface area contributed by atoms with Crippen molar-refractivity contribution in [3.05, 3.63) is 42.9 Å². The van der Waals surface area contributed by atoms with E-state index in [4.69, 9.17) is 4.74 Å². The monoisotopic (exact) mass is 419 g/mol. The molecule has 0 unspecified atom stereocenters. The molecule has 1 saturated carbocycles. The number of hydrogen-bond acceptors (Lipinski definition) is 6. The molecule has 0 atom stereocenters. The Bertz CT molecular complexity index is 1240. The second kappa shape index (κ2) is 7.90. The number of aromatic nitrogens is 5. The van der Waals surface area contributed by atoms with Gasteiger partial charge in [0.25, 0.3) is 0 Å². The molecule has 0 spiro atoms. The third-order valence-corrected chi connectivity index (χ3v) is 5.85. The summed E-state index contributed by atoms with van der Waals surface area (Å²) in [7, 11) is 1.63. The molecule has 1 aliphatic carbocycles. The minimum atomic E-state index is 0.0331. The molecule has 4 aromatic rings. The van der Waals surface area contributed by atoms with Gasteiger partial charge in [0.2, 0.25) is 17.7 Å². The Kier molecular flexibility index (Phi) is 4.93. The lowest BCUT2D eigenvalue weighted by molar-refractivity contribution is -0.119. The zero-order valence-electron chi connectivity index (χ0n) is 17.6. The van der Waals surface area contributed by atoms with E-state index in [0.29, 0.717) is 11.8 Å². The number of amides is 1. The quantitative estimate of drug-likeness (QED) is 0.516. The van der Waals surface area contributed by atoms with Crippen molar-refractivity contribution < 1.29 is 9.53 Å². The van der Waals surface area contributed by atoms with Crippen molar-refractivity contribution in [2.45, 2.75) is 44.7 Å². The van der Waals surface area contributed by atoms with E-state index in [1.807, 2.05) is 39.6 Å². The summed E-state index contributed by atoms with van der Waals surface area (Å²) in [6.45, 7) is 1.57. The number of ether oxygens (including phenoxy) is 1. The molecule has 4 heterocycles. The lowest BCUT2D eigenvalue weighted by Gasteiger charge is -2.29. The zero-order valence-corrected chi connectivity index (χ0v) is 17.6.